The van der Waals surface area contributed by atoms with Crippen LogP contribution in [-0.2, 0) is 6.42 Å². The maximum atomic E-state index is 13.5. The van der Waals surface area contributed by atoms with Gasteiger partial charge in [-0.3, -0.25) is 0 Å². The molecule has 0 atom stereocenters. The van der Waals surface area contributed by atoms with E-state index in [4.69, 9.17) is 19.9 Å². The van der Waals surface area contributed by atoms with E-state index in [0.29, 0.717) is 17.2 Å². The van der Waals surface area contributed by atoms with Gasteiger partial charge >= 0.3 is 0 Å². The van der Waals surface area contributed by atoms with Gasteiger partial charge in [0.15, 0.2) is 28.8 Å². The summed E-state index contributed by atoms with van der Waals surface area (Å²) in [6, 6.07) is 8.22. The smallest absolute Gasteiger partial charge is 0.169 e. The molecule has 0 radical (unpaired) electrons. The number of ether oxygens (including phenoxy) is 3. The number of nitrogens with two attached hydrogens (primary N) is 1. The van der Waals surface area contributed by atoms with E-state index in [1.165, 1.54) is 19.2 Å². The summed E-state index contributed by atoms with van der Waals surface area (Å²) in [5.74, 6) is 0.960. The van der Waals surface area contributed by atoms with Gasteiger partial charge in [-0.05, 0) is 24.1 Å². The van der Waals surface area contributed by atoms with Crippen LogP contribution in [-0.4, -0.2) is 14.2 Å². The molecule has 21 heavy (non-hydrogen) atoms. The standard InChI is InChI=1S/C16H18FNO3/c1-4-10-5-6-13(16(7-10)20-3)21-15-9-14(19-2)11(17)8-12(15)18/h5-9H,4,18H2,1-3H3. The van der Waals surface area contributed by atoms with Crippen LogP contribution in [0.5, 0.6) is 23.0 Å². The van der Waals surface area contributed by atoms with Gasteiger partial charge in [-0.2, -0.15) is 0 Å². The van der Waals surface area contributed by atoms with Crippen LogP contribution in [0.2, 0.25) is 0 Å². The molecule has 2 rings (SSSR count). The van der Waals surface area contributed by atoms with E-state index < -0.39 is 5.82 Å². The third kappa shape index (κ3) is 3.18. The molecule has 2 aromatic carbocycles. The Morgan fingerprint density at radius 1 is 0.952 bits per heavy atom. The summed E-state index contributed by atoms with van der Waals surface area (Å²) in [5.41, 5.74) is 7.10. The van der Waals surface area contributed by atoms with Gasteiger partial charge in [0.05, 0.1) is 19.9 Å². The molecule has 0 aliphatic carbocycles. The van der Waals surface area contributed by atoms with Crippen molar-refractivity contribution in [1.82, 2.24) is 0 Å². The molecule has 0 saturated heterocycles. The third-order valence-electron chi connectivity index (χ3n) is 3.14. The summed E-state index contributed by atoms with van der Waals surface area (Å²) >= 11 is 0. The van der Waals surface area contributed by atoms with Crippen molar-refractivity contribution < 1.29 is 18.6 Å². The van der Waals surface area contributed by atoms with Crippen LogP contribution in [0.1, 0.15) is 12.5 Å². The van der Waals surface area contributed by atoms with E-state index in [0.717, 1.165) is 12.0 Å². The zero-order valence-corrected chi connectivity index (χ0v) is 12.3. The number of nitrogen functional groups attached to an aromatic ring is 1. The van der Waals surface area contributed by atoms with Crippen LogP contribution in [0.15, 0.2) is 30.3 Å². The van der Waals surface area contributed by atoms with Gasteiger partial charge in [-0.15, -0.1) is 0 Å². The number of aryl methyl sites for hydroxylation is 1. The molecule has 112 valence electrons. The van der Waals surface area contributed by atoms with Gasteiger partial charge in [0.25, 0.3) is 0 Å². The minimum absolute atomic E-state index is 0.0725. The van der Waals surface area contributed by atoms with Crippen LogP contribution in [0.3, 0.4) is 0 Å². The van der Waals surface area contributed by atoms with Gasteiger partial charge in [-0.1, -0.05) is 13.0 Å². The summed E-state index contributed by atoms with van der Waals surface area (Å²) < 4.78 is 29.5. The lowest BCUT2D eigenvalue weighted by atomic mass is 10.1. The minimum atomic E-state index is -0.532. The molecule has 0 unspecified atom stereocenters. The number of benzene rings is 2. The molecule has 0 heterocycles. The molecule has 0 aromatic heterocycles. The summed E-state index contributed by atoms with van der Waals surface area (Å²) in [6.45, 7) is 2.05. The van der Waals surface area contributed by atoms with Crippen molar-refractivity contribution in [1.29, 1.82) is 0 Å². The third-order valence-corrected chi connectivity index (χ3v) is 3.14. The van der Waals surface area contributed by atoms with Gasteiger partial charge in [0.2, 0.25) is 0 Å². The van der Waals surface area contributed by atoms with Gasteiger partial charge in [0, 0.05) is 12.1 Å². The zero-order valence-electron chi connectivity index (χ0n) is 12.3. The molecule has 0 saturated carbocycles. The quantitative estimate of drug-likeness (QED) is 0.852. The van der Waals surface area contributed by atoms with Crippen molar-refractivity contribution in [3.63, 3.8) is 0 Å². The van der Waals surface area contributed by atoms with E-state index in [-0.39, 0.29) is 11.4 Å². The van der Waals surface area contributed by atoms with E-state index >= 15 is 0 Å². The molecule has 0 amide bonds. The molecule has 0 spiro atoms. The minimum Gasteiger partial charge on any atom is -0.494 e. The summed E-state index contributed by atoms with van der Waals surface area (Å²) in [7, 11) is 2.95. The van der Waals surface area contributed by atoms with Gasteiger partial charge < -0.3 is 19.9 Å². The van der Waals surface area contributed by atoms with Crippen LogP contribution < -0.4 is 19.9 Å². The van der Waals surface area contributed by atoms with E-state index in [9.17, 15) is 4.39 Å². The van der Waals surface area contributed by atoms with Gasteiger partial charge in [0.1, 0.15) is 0 Å². The predicted octanol–water partition coefficient (Wildman–Crippen LogP) is 3.78. The molecule has 0 bridgehead atoms. The summed E-state index contributed by atoms with van der Waals surface area (Å²) in [4.78, 5) is 0. The summed E-state index contributed by atoms with van der Waals surface area (Å²) in [5, 5.41) is 0. The molecular weight excluding hydrogens is 273 g/mol. The Bertz CT molecular complexity index is 644. The van der Waals surface area contributed by atoms with Crippen molar-refractivity contribution in [2.75, 3.05) is 20.0 Å². The monoisotopic (exact) mass is 291 g/mol. The van der Waals surface area contributed by atoms with E-state index in [2.05, 4.69) is 6.92 Å². The number of hydrogen-bond acceptors (Lipinski definition) is 4. The van der Waals surface area contributed by atoms with Crippen molar-refractivity contribution in [2.45, 2.75) is 13.3 Å². The largest absolute Gasteiger partial charge is 0.494 e. The van der Waals surface area contributed by atoms with Crippen LogP contribution in [0.25, 0.3) is 0 Å². The normalized spacial score (nSPS) is 10.3. The average Bonchev–Trinajstić information content (AvgIpc) is 2.50. The Morgan fingerprint density at radius 2 is 1.67 bits per heavy atom. The Balaban J connectivity index is 2.38. The van der Waals surface area contributed by atoms with Crippen molar-refractivity contribution in [3.8, 4) is 23.0 Å². The molecule has 4 nitrogen and oxygen atoms in total. The molecule has 0 aliphatic rings. The number of halogens is 1. The Kier molecular flexibility index (Phi) is 4.52. The second-order valence-electron chi connectivity index (χ2n) is 4.47. The van der Waals surface area contributed by atoms with Crippen molar-refractivity contribution in [2.24, 2.45) is 0 Å². The molecule has 2 aromatic rings. The highest BCUT2D eigenvalue weighted by atomic mass is 19.1. The highest BCUT2D eigenvalue weighted by Gasteiger charge is 2.13. The number of hydrogen-bond donors (Lipinski definition) is 1. The Hall–Kier alpha value is -2.43. The number of anilines is 1. The van der Waals surface area contributed by atoms with E-state index in [1.807, 2.05) is 12.1 Å². The molecular formula is C16H18FNO3. The van der Waals surface area contributed by atoms with Crippen LogP contribution in [0.4, 0.5) is 10.1 Å². The lowest BCUT2D eigenvalue weighted by molar-refractivity contribution is 0.370. The first kappa shape index (κ1) is 15.0. The topological polar surface area (TPSA) is 53.7 Å². The van der Waals surface area contributed by atoms with Crippen LogP contribution in [0, 0.1) is 5.82 Å². The average molecular weight is 291 g/mol. The first-order chi connectivity index (χ1) is 10.1. The van der Waals surface area contributed by atoms with Crippen molar-refractivity contribution >= 4 is 5.69 Å². The first-order valence-electron chi connectivity index (χ1n) is 6.56. The maximum absolute atomic E-state index is 13.5. The fourth-order valence-corrected chi connectivity index (χ4v) is 1.93. The SMILES string of the molecule is CCc1ccc(Oc2cc(OC)c(F)cc2N)c(OC)c1. The second-order valence-corrected chi connectivity index (χ2v) is 4.47. The van der Waals surface area contributed by atoms with E-state index in [1.54, 1.807) is 13.2 Å². The first-order valence-corrected chi connectivity index (χ1v) is 6.56. The maximum Gasteiger partial charge on any atom is 0.169 e. The highest BCUT2D eigenvalue weighted by molar-refractivity contribution is 5.58. The fourth-order valence-electron chi connectivity index (χ4n) is 1.93. The zero-order chi connectivity index (χ0) is 15.4. The number of methoxy groups -OCH3 is 2. The molecule has 0 aliphatic heterocycles. The lowest BCUT2D eigenvalue weighted by Gasteiger charge is -2.14. The predicted molar refractivity (Wildman–Crippen MR) is 79.8 cm³/mol. The lowest BCUT2D eigenvalue weighted by Crippen LogP contribution is -1.98. The Labute approximate surface area is 123 Å². The van der Waals surface area contributed by atoms with Crippen molar-refractivity contribution in [3.05, 3.63) is 41.7 Å². The summed E-state index contributed by atoms with van der Waals surface area (Å²) in [6.07, 6.45) is 0.892. The fraction of sp³-hybridized carbons (Fsp3) is 0.250. The highest BCUT2D eigenvalue weighted by Crippen LogP contribution is 2.37. The Morgan fingerprint density at radius 3 is 2.29 bits per heavy atom. The molecule has 0 fully saturated rings. The number of rotatable bonds is 5. The van der Waals surface area contributed by atoms with Crippen LogP contribution >= 0.6 is 0 Å². The molecule has 5 heteroatoms. The molecule has 2 N–H and O–H groups in total. The van der Waals surface area contributed by atoms with Gasteiger partial charge in [-0.25, -0.2) is 4.39 Å². The second kappa shape index (κ2) is 6.35.